The molecule has 1 aliphatic rings. The van der Waals surface area contributed by atoms with Crippen LogP contribution < -0.4 is 0 Å². The lowest BCUT2D eigenvalue weighted by molar-refractivity contribution is -0.143. The van der Waals surface area contributed by atoms with Gasteiger partial charge in [0.2, 0.25) is 0 Å². The third-order valence-corrected chi connectivity index (χ3v) is 3.25. The topological polar surface area (TPSA) is 66.6 Å². The number of rotatable bonds is 3. The Morgan fingerprint density at radius 3 is 3.06 bits per heavy atom. The number of likely N-dealkylation sites (tertiary alicyclic amines) is 1. The van der Waals surface area contributed by atoms with E-state index in [0.29, 0.717) is 6.54 Å². The number of carboxylic acid groups (broad SMARTS) is 1. The maximum atomic E-state index is 11.2. The fraction of sp³-hybridized carbons (Fsp3) is 0.636. The third-order valence-electron chi connectivity index (χ3n) is 3.25. The first-order valence-electron chi connectivity index (χ1n) is 5.45. The predicted molar refractivity (Wildman–Crippen MR) is 56.9 cm³/mol. The van der Waals surface area contributed by atoms with E-state index in [1.807, 2.05) is 18.7 Å². The largest absolute Gasteiger partial charge is 0.480 e. The van der Waals surface area contributed by atoms with Crippen molar-refractivity contribution in [2.75, 3.05) is 6.54 Å². The lowest BCUT2D eigenvalue weighted by Crippen LogP contribution is -2.38. The van der Waals surface area contributed by atoms with Crippen LogP contribution >= 0.6 is 0 Å². The molecule has 1 N–H and O–H groups in total. The number of oxazole rings is 1. The first-order valence-corrected chi connectivity index (χ1v) is 5.45. The van der Waals surface area contributed by atoms with Crippen LogP contribution in [0.2, 0.25) is 0 Å². The molecule has 2 atom stereocenters. The van der Waals surface area contributed by atoms with E-state index in [4.69, 9.17) is 9.52 Å². The van der Waals surface area contributed by atoms with Crippen molar-refractivity contribution in [3.63, 3.8) is 0 Å². The van der Waals surface area contributed by atoms with Gasteiger partial charge in [-0.05, 0) is 25.8 Å². The number of hydrogen-bond donors (Lipinski definition) is 1. The lowest BCUT2D eigenvalue weighted by atomic mass is 10.0. The zero-order chi connectivity index (χ0) is 11.7. The molecule has 0 aliphatic carbocycles. The van der Waals surface area contributed by atoms with Crippen molar-refractivity contribution >= 4 is 5.97 Å². The smallest absolute Gasteiger partial charge is 0.321 e. The molecule has 2 heterocycles. The van der Waals surface area contributed by atoms with E-state index < -0.39 is 12.0 Å². The molecule has 1 aromatic rings. The molecular formula is C11H16N2O3. The van der Waals surface area contributed by atoms with Gasteiger partial charge in [-0.15, -0.1) is 0 Å². The minimum absolute atomic E-state index is 0.199. The molecule has 0 spiro atoms. The van der Waals surface area contributed by atoms with Crippen LogP contribution in [0.25, 0.3) is 0 Å². The summed E-state index contributed by atoms with van der Waals surface area (Å²) in [4.78, 5) is 17.2. The molecular weight excluding hydrogens is 208 g/mol. The first kappa shape index (κ1) is 11.1. The molecule has 0 bridgehead atoms. The van der Waals surface area contributed by atoms with Gasteiger partial charge in [-0.2, -0.15) is 0 Å². The van der Waals surface area contributed by atoms with Gasteiger partial charge in [0.05, 0.1) is 5.69 Å². The van der Waals surface area contributed by atoms with E-state index >= 15 is 0 Å². The van der Waals surface area contributed by atoms with Crippen molar-refractivity contribution in [2.24, 2.45) is 5.92 Å². The lowest BCUT2D eigenvalue weighted by Gasteiger charge is -2.22. The van der Waals surface area contributed by atoms with Crippen LogP contribution in [-0.2, 0) is 11.3 Å². The minimum atomic E-state index is -0.744. The Balaban J connectivity index is 2.10. The van der Waals surface area contributed by atoms with Crippen molar-refractivity contribution in [3.05, 3.63) is 17.8 Å². The molecule has 1 saturated heterocycles. The molecule has 1 aliphatic heterocycles. The van der Waals surface area contributed by atoms with E-state index in [0.717, 1.165) is 24.4 Å². The van der Waals surface area contributed by atoms with Crippen molar-refractivity contribution in [2.45, 2.75) is 32.9 Å². The maximum absolute atomic E-state index is 11.2. The zero-order valence-corrected chi connectivity index (χ0v) is 9.51. The Morgan fingerprint density at radius 1 is 1.75 bits per heavy atom. The summed E-state index contributed by atoms with van der Waals surface area (Å²) in [5.74, 6) is 0.222. The Kier molecular flexibility index (Phi) is 2.96. The number of hydrogen-bond acceptors (Lipinski definition) is 4. The summed E-state index contributed by atoms with van der Waals surface area (Å²) in [6.07, 6.45) is 2.33. The second kappa shape index (κ2) is 4.25. The monoisotopic (exact) mass is 224 g/mol. The Hall–Kier alpha value is -1.36. The summed E-state index contributed by atoms with van der Waals surface area (Å²) >= 11 is 0. The molecule has 5 nitrogen and oxygen atoms in total. The fourth-order valence-electron chi connectivity index (χ4n) is 2.28. The van der Waals surface area contributed by atoms with Crippen molar-refractivity contribution in [3.8, 4) is 0 Å². The molecule has 0 radical (unpaired) electrons. The maximum Gasteiger partial charge on any atom is 0.321 e. The SMILES string of the molecule is Cc1ocnc1CN1CCC(C)C1C(=O)O. The van der Waals surface area contributed by atoms with Crippen LogP contribution in [-0.4, -0.2) is 33.5 Å². The van der Waals surface area contributed by atoms with Gasteiger partial charge in [0.15, 0.2) is 6.39 Å². The van der Waals surface area contributed by atoms with Crippen LogP contribution in [0.5, 0.6) is 0 Å². The fourth-order valence-corrected chi connectivity index (χ4v) is 2.28. The second-order valence-electron chi connectivity index (χ2n) is 4.37. The number of aromatic nitrogens is 1. The number of nitrogens with zero attached hydrogens (tertiary/aromatic N) is 2. The summed E-state index contributed by atoms with van der Waals surface area (Å²) in [5.41, 5.74) is 0.834. The average molecular weight is 224 g/mol. The summed E-state index contributed by atoms with van der Waals surface area (Å²) in [7, 11) is 0. The summed E-state index contributed by atoms with van der Waals surface area (Å²) in [5, 5.41) is 9.17. The highest BCUT2D eigenvalue weighted by Gasteiger charge is 2.36. The predicted octanol–water partition coefficient (Wildman–Crippen LogP) is 1.28. The van der Waals surface area contributed by atoms with Crippen LogP contribution in [0.4, 0.5) is 0 Å². The minimum Gasteiger partial charge on any atom is -0.480 e. The van der Waals surface area contributed by atoms with Gasteiger partial charge in [0.25, 0.3) is 0 Å². The zero-order valence-electron chi connectivity index (χ0n) is 9.51. The van der Waals surface area contributed by atoms with E-state index in [-0.39, 0.29) is 5.92 Å². The van der Waals surface area contributed by atoms with Gasteiger partial charge in [0.1, 0.15) is 11.8 Å². The molecule has 1 fully saturated rings. The quantitative estimate of drug-likeness (QED) is 0.837. The van der Waals surface area contributed by atoms with Crippen molar-refractivity contribution in [1.29, 1.82) is 0 Å². The van der Waals surface area contributed by atoms with E-state index in [1.54, 1.807) is 0 Å². The number of carbonyl (C=O) groups is 1. The van der Waals surface area contributed by atoms with E-state index in [2.05, 4.69) is 4.98 Å². The average Bonchev–Trinajstić information content (AvgIpc) is 2.75. The van der Waals surface area contributed by atoms with Gasteiger partial charge in [-0.25, -0.2) is 4.98 Å². The normalized spacial score (nSPS) is 26.1. The van der Waals surface area contributed by atoms with Gasteiger partial charge in [-0.3, -0.25) is 9.69 Å². The van der Waals surface area contributed by atoms with E-state index in [1.165, 1.54) is 6.39 Å². The Bertz CT molecular complexity index is 388. The standard InChI is InChI=1S/C11H16N2O3/c1-7-3-4-13(10(7)11(14)15)5-9-8(2)16-6-12-9/h6-7,10H,3-5H2,1-2H3,(H,14,15). The van der Waals surface area contributed by atoms with Gasteiger partial charge >= 0.3 is 5.97 Å². The third kappa shape index (κ3) is 1.95. The molecule has 0 amide bonds. The van der Waals surface area contributed by atoms with Gasteiger partial charge in [0, 0.05) is 6.54 Å². The molecule has 1 aromatic heterocycles. The first-order chi connectivity index (χ1) is 7.59. The molecule has 2 unspecified atom stereocenters. The highest BCUT2D eigenvalue weighted by molar-refractivity contribution is 5.74. The molecule has 2 rings (SSSR count). The van der Waals surface area contributed by atoms with Crippen LogP contribution in [0.3, 0.4) is 0 Å². The Morgan fingerprint density at radius 2 is 2.50 bits per heavy atom. The summed E-state index contributed by atoms with van der Waals surface area (Å²) < 4.78 is 5.11. The molecule has 88 valence electrons. The second-order valence-corrected chi connectivity index (χ2v) is 4.37. The summed E-state index contributed by atoms with van der Waals surface area (Å²) in [6.45, 7) is 5.19. The number of aliphatic carboxylic acids is 1. The molecule has 0 saturated carbocycles. The van der Waals surface area contributed by atoms with Crippen LogP contribution in [0.15, 0.2) is 10.8 Å². The van der Waals surface area contributed by atoms with Crippen LogP contribution in [0.1, 0.15) is 24.8 Å². The highest BCUT2D eigenvalue weighted by Crippen LogP contribution is 2.26. The molecule has 5 heteroatoms. The highest BCUT2D eigenvalue weighted by atomic mass is 16.4. The van der Waals surface area contributed by atoms with Crippen LogP contribution in [0, 0.1) is 12.8 Å². The molecule has 0 aromatic carbocycles. The van der Waals surface area contributed by atoms with Gasteiger partial charge in [-0.1, -0.05) is 6.92 Å². The number of carboxylic acids is 1. The molecule has 16 heavy (non-hydrogen) atoms. The van der Waals surface area contributed by atoms with Crippen molar-refractivity contribution in [1.82, 2.24) is 9.88 Å². The van der Waals surface area contributed by atoms with Crippen molar-refractivity contribution < 1.29 is 14.3 Å². The number of aryl methyl sites for hydroxylation is 1. The van der Waals surface area contributed by atoms with E-state index in [9.17, 15) is 4.79 Å². The van der Waals surface area contributed by atoms with Gasteiger partial charge < -0.3 is 9.52 Å². The summed E-state index contributed by atoms with van der Waals surface area (Å²) in [6, 6.07) is -0.393. The Labute approximate surface area is 94.1 Å².